The highest BCUT2D eigenvalue weighted by atomic mass is 19.1. The smallest absolute Gasteiger partial charge is 0.254 e. The van der Waals surface area contributed by atoms with Gasteiger partial charge >= 0.3 is 0 Å². The lowest BCUT2D eigenvalue weighted by Gasteiger charge is -2.08. The van der Waals surface area contributed by atoms with E-state index in [2.05, 4.69) is 21.7 Å². The van der Waals surface area contributed by atoms with Crippen molar-refractivity contribution in [2.45, 2.75) is 13.8 Å². The van der Waals surface area contributed by atoms with Gasteiger partial charge in [-0.05, 0) is 49.2 Å². The molecule has 2 aromatic carbocycles. The first-order chi connectivity index (χ1) is 11.5. The molecule has 0 atom stereocenters. The van der Waals surface area contributed by atoms with E-state index in [1.807, 2.05) is 26.0 Å². The maximum Gasteiger partial charge on any atom is 0.254 e. The van der Waals surface area contributed by atoms with Crippen molar-refractivity contribution < 1.29 is 9.18 Å². The van der Waals surface area contributed by atoms with Gasteiger partial charge in [0.15, 0.2) is 5.96 Å². The van der Waals surface area contributed by atoms with Crippen molar-refractivity contribution >= 4 is 17.6 Å². The number of nitrogens with two attached hydrogens (primary N) is 1. The van der Waals surface area contributed by atoms with Gasteiger partial charge in [-0.25, -0.2) is 4.39 Å². The van der Waals surface area contributed by atoms with Crippen LogP contribution in [0.1, 0.15) is 21.5 Å². The van der Waals surface area contributed by atoms with Crippen LogP contribution in [0.5, 0.6) is 0 Å². The van der Waals surface area contributed by atoms with E-state index in [4.69, 9.17) is 5.73 Å². The fourth-order valence-corrected chi connectivity index (χ4v) is 2.32. The first-order valence-corrected chi connectivity index (χ1v) is 7.63. The Balaban J connectivity index is 1.83. The summed E-state index contributed by atoms with van der Waals surface area (Å²) in [6.45, 7) is 4.57. The summed E-state index contributed by atoms with van der Waals surface area (Å²) in [5, 5.41) is 5.62. The summed E-state index contributed by atoms with van der Waals surface area (Å²) in [5.41, 5.74) is 8.96. The molecular weight excluding hydrogens is 307 g/mol. The van der Waals surface area contributed by atoms with Crippen molar-refractivity contribution in [2.75, 3.05) is 18.4 Å². The predicted molar refractivity (Wildman–Crippen MR) is 94.8 cm³/mol. The molecule has 126 valence electrons. The van der Waals surface area contributed by atoms with Crippen LogP contribution in [0, 0.1) is 19.7 Å². The second kappa shape index (κ2) is 8.10. The Bertz CT molecular complexity index is 738. The Morgan fingerprint density at radius 1 is 1.17 bits per heavy atom. The molecule has 2 rings (SSSR count). The van der Waals surface area contributed by atoms with E-state index in [-0.39, 0.29) is 18.1 Å². The van der Waals surface area contributed by atoms with Gasteiger partial charge < -0.3 is 16.4 Å². The number of halogens is 1. The molecule has 0 unspecified atom stereocenters. The van der Waals surface area contributed by atoms with Crippen molar-refractivity contribution in [3.63, 3.8) is 0 Å². The first kappa shape index (κ1) is 17.5. The highest BCUT2D eigenvalue weighted by molar-refractivity contribution is 5.94. The lowest BCUT2D eigenvalue weighted by atomic mass is 10.1. The lowest BCUT2D eigenvalue weighted by Crippen LogP contribution is -2.29. The quantitative estimate of drug-likeness (QED) is 0.448. The van der Waals surface area contributed by atoms with E-state index >= 15 is 0 Å². The van der Waals surface area contributed by atoms with Crippen LogP contribution in [-0.2, 0) is 0 Å². The minimum atomic E-state index is -0.547. The summed E-state index contributed by atoms with van der Waals surface area (Å²) in [7, 11) is 0. The van der Waals surface area contributed by atoms with Crippen molar-refractivity contribution in [2.24, 2.45) is 10.7 Å². The van der Waals surface area contributed by atoms with Gasteiger partial charge in [0.25, 0.3) is 5.91 Å². The molecule has 0 aromatic heterocycles. The minimum absolute atomic E-state index is 0.0165. The third-order valence-electron chi connectivity index (χ3n) is 3.29. The van der Waals surface area contributed by atoms with E-state index in [1.165, 1.54) is 18.2 Å². The third kappa shape index (κ3) is 5.08. The average Bonchev–Trinajstić information content (AvgIpc) is 2.50. The zero-order chi connectivity index (χ0) is 17.5. The van der Waals surface area contributed by atoms with Crippen LogP contribution in [-0.4, -0.2) is 25.0 Å². The Morgan fingerprint density at radius 2 is 1.83 bits per heavy atom. The monoisotopic (exact) mass is 328 g/mol. The molecule has 2 aromatic rings. The number of carbonyl (C=O) groups excluding carboxylic acids is 1. The minimum Gasteiger partial charge on any atom is -0.370 e. The molecule has 0 bridgehead atoms. The highest BCUT2D eigenvalue weighted by Gasteiger charge is 2.09. The lowest BCUT2D eigenvalue weighted by molar-refractivity contribution is 0.0951. The summed E-state index contributed by atoms with van der Waals surface area (Å²) < 4.78 is 13.5. The van der Waals surface area contributed by atoms with E-state index in [0.29, 0.717) is 6.54 Å². The number of guanidine groups is 1. The van der Waals surface area contributed by atoms with Crippen molar-refractivity contribution in [3.8, 4) is 0 Å². The number of aryl methyl sites for hydroxylation is 2. The van der Waals surface area contributed by atoms with Gasteiger partial charge in [0.2, 0.25) is 0 Å². The van der Waals surface area contributed by atoms with Crippen LogP contribution >= 0.6 is 0 Å². The average molecular weight is 328 g/mol. The van der Waals surface area contributed by atoms with Gasteiger partial charge in [0, 0.05) is 12.2 Å². The summed E-state index contributed by atoms with van der Waals surface area (Å²) in [4.78, 5) is 16.0. The largest absolute Gasteiger partial charge is 0.370 e. The number of benzene rings is 2. The Morgan fingerprint density at radius 3 is 2.50 bits per heavy atom. The molecule has 5 nitrogen and oxygen atoms in total. The Labute approximate surface area is 140 Å². The normalized spacial score (nSPS) is 11.2. The molecule has 0 aliphatic heterocycles. The maximum absolute atomic E-state index is 13.5. The molecule has 1 amide bonds. The van der Waals surface area contributed by atoms with Crippen molar-refractivity contribution in [1.82, 2.24) is 5.32 Å². The Kier molecular flexibility index (Phi) is 5.89. The SMILES string of the molecule is Cc1cc(C)cc(NC(N)=NCCNC(=O)c2ccccc2F)c1. The standard InChI is InChI=1S/C18H21FN4O/c1-12-9-13(2)11-14(10-12)23-18(20)22-8-7-21-17(24)15-5-3-4-6-16(15)19/h3-6,9-11H,7-8H2,1-2H3,(H,21,24)(H3,20,22,23). The number of anilines is 1. The number of rotatable bonds is 5. The number of nitrogens with zero attached hydrogens (tertiary/aromatic N) is 1. The molecule has 6 heteroatoms. The predicted octanol–water partition coefficient (Wildman–Crippen LogP) is 2.60. The summed E-state index contributed by atoms with van der Waals surface area (Å²) in [6.07, 6.45) is 0. The first-order valence-electron chi connectivity index (χ1n) is 7.63. The maximum atomic E-state index is 13.5. The van der Waals surface area contributed by atoms with Gasteiger partial charge in [0.05, 0.1) is 12.1 Å². The van der Waals surface area contributed by atoms with E-state index in [1.54, 1.807) is 6.07 Å². The number of carbonyl (C=O) groups is 1. The van der Waals surface area contributed by atoms with Crippen LogP contribution in [0.4, 0.5) is 10.1 Å². The molecule has 4 N–H and O–H groups in total. The second-order valence-corrected chi connectivity index (χ2v) is 5.50. The zero-order valence-electron chi connectivity index (χ0n) is 13.8. The van der Waals surface area contributed by atoms with Crippen molar-refractivity contribution in [1.29, 1.82) is 0 Å². The van der Waals surface area contributed by atoms with E-state index in [9.17, 15) is 9.18 Å². The number of hydrogen-bond acceptors (Lipinski definition) is 2. The fourth-order valence-electron chi connectivity index (χ4n) is 2.32. The molecule has 0 saturated heterocycles. The summed E-state index contributed by atoms with van der Waals surface area (Å²) in [6, 6.07) is 11.8. The number of amides is 1. The van der Waals surface area contributed by atoms with Crippen LogP contribution in [0.25, 0.3) is 0 Å². The molecule has 0 spiro atoms. The van der Waals surface area contributed by atoms with Crippen LogP contribution in [0.15, 0.2) is 47.5 Å². The molecule has 24 heavy (non-hydrogen) atoms. The third-order valence-corrected chi connectivity index (χ3v) is 3.29. The summed E-state index contributed by atoms with van der Waals surface area (Å²) >= 11 is 0. The van der Waals surface area contributed by atoms with Gasteiger partial charge in [-0.3, -0.25) is 9.79 Å². The van der Waals surface area contributed by atoms with E-state index in [0.717, 1.165) is 16.8 Å². The highest BCUT2D eigenvalue weighted by Crippen LogP contribution is 2.13. The number of aliphatic imine (C=N–C) groups is 1. The van der Waals surface area contributed by atoms with E-state index < -0.39 is 11.7 Å². The van der Waals surface area contributed by atoms with Crippen LogP contribution in [0.3, 0.4) is 0 Å². The van der Waals surface area contributed by atoms with Crippen LogP contribution < -0.4 is 16.4 Å². The van der Waals surface area contributed by atoms with Gasteiger partial charge in [0.1, 0.15) is 5.82 Å². The van der Waals surface area contributed by atoms with Crippen LogP contribution in [0.2, 0.25) is 0 Å². The zero-order valence-corrected chi connectivity index (χ0v) is 13.8. The molecule has 0 fully saturated rings. The molecule has 0 radical (unpaired) electrons. The Hall–Kier alpha value is -2.89. The second-order valence-electron chi connectivity index (χ2n) is 5.50. The molecular formula is C18H21FN4O. The van der Waals surface area contributed by atoms with Gasteiger partial charge in [-0.1, -0.05) is 18.2 Å². The van der Waals surface area contributed by atoms with Gasteiger partial charge in [-0.2, -0.15) is 0 Å². The molecule has 0 aliphatic rings. The van der Waals surface area contributed by atoms with Crippen molar-refractivity contribution in [3.05, 3.63) is 65.0 Å². The number of nitrogens with one attached hydrogen (secondary N) is 2. The summed E-state index contributed by atoms with van der Waals surface area (Å²) in [5.74, 6) is -0.751. The fraction of sp³-hybridized carbons (Fsp3) is 0.222. The van der Waals surface area contributed by atoms with Gasteiger partial charge in [-0.15, -0.1) is 0 Å². The topological polar surface area (TPSA) is 79.5 Å². The number of hydrogen-bond donors (Lipinski definition) is 3. The molecule has 0 heterocycles. The molecule has 0 aliphatic carbocycles. The molecule has 0 saturated carbocycles.